The Morgan fingerprint density at radius 1 is 1.62 bits per heavy atom. The van der Waals surface area contributed by atoms with E-state index in [4.69, 9.17) is 5.84 Å². The summed E-state index contributed by atoms with van der Waals surface area (Å²) in [6.45, 7) is 2.93. The zero-order valence-corrected chi connectivity index (χ0v) is 9.81. The molecule has 0 aliphatic carbocycles. The SMILES string of the molecule is CCCn1nncc1C(NN)c1cscn1. The first-order valence-corrected chi connectivity index (χ1v) is 6.03. The summed E-state index contributed by atoms with van der Waals surface area (Å²) in [4.78, 5) is 4.25. The van der Waals surface area contributed by atoms with Gasteiger partial charge >= 0.3 is 0 Å². The molecule has 6 nitrogen and oxygen atoms in total. The minimum Gasteiger partial charge on any atom is -0.270 e. The molecule has 0 saturated carbocycles. The van der Waals surface area contributed by atoms with E-state index in [1.165, 1.54) is 0 Å². The summed E-state index contributed by atoms with van der Waals surface area (Å²) in [5.74, 6) is 5.57. The third-order valence-electron chi connectivity index (χ3n) is 2.29. The molecule has 0 amide bonds. The van der Waals surface area contributed by atoms with E-state index in [1.807, 2.05) is 10.1 Å². The minimum absolute atomic E-state index is 0.146. The Morgan fingerprint density at radius 3 is 3.12 bits per heavy atom. The second kappa shape index (κ2) is 5.15. The highest BCUT2D eigenvalue weighted by Crippen LogP contribution is 2.20. The van der Waals surface area contributed by atoms with Crippen molar-refractivity contribution >= 4 is 11.3 Å². The van der Waals surface area contributed by atoms with Crippen LogP contribution in [-0.2, 0) is 6.54 Å². The molecule has 1 unspecified atom stereocenters. The van der Waals surface area contributed by atoms with Gasteiger partial charge in [0, 0.05) is 11.9 Å². The average molecular weight is 238 g/mol. The smallest absolute Gasteiger partial charge is 0.107 e. The highest BCUT2D eigenvalue weighted by molar-refractivity contribution is 7.07. The van der Waals surface area contributed by atoms with Crippen molar-refractivity contribution in [3.8, 4) is 0 Å². The number of nitrogens with one attached hydrogen (secondary N) is 1. The molecular weight excluding hydrogens is 224 g/mol. The molecule has 0 bridgehead atoms. The lowest BCUT2D eigenvalue weighted by atomic mass is 10.2. The number of aryl methyl sites for hydroxylation is 1. The standard InChI is InChI=1S/C9H14N6S/c1-2-3-15-8(4-12-14-15)9(13-10)7-5-16-6-11-7/h4-6,9,13H,2-3,10H2,1H3. The molecule has 3 N–H and O–H groups in total. The number of rotatable bonds is 5. The van der Waals surface area contributed by atoms with Crippen LogP contribution in [0.25, 0.3) is 0 Å². The van der Waals surface area contributed by atoms with Crippen molar-refractivity contribution in [2.24, 2.45) is 5.84 Å². The number of hydrazine groups is 1. The maximum Gasteiger partial charge on any atom is 0.107 e. The molecular formula is C9H14N6S. The molecule has 0 radical (unpaired) electrons. The lowest BCUT2D eigenvalue weighted by Gasteiger charge is -2.14. The van der Waals surface area contributed by atoms with E-state index in [0.29, 0.717) is 0 Å². The van der Waals surface area contributed by atoms with Crippen LogP contribution in [0.4, 0.5) is 0 Å². The molecule has 0 fully saturated rings. The highest BCUT2D eigenvalue weighted by atomic mass is 32.1. The van der Waals surface area contributed by atoms with Crippen LogP contribution in [0.5, 0.6) is 0 Å². The molecule has 7 heteroatoms. The fourth-order valence-corrected chi connectivity index (χ4v) is 2.14. The van der Waals surface area contributed by atoms with Crippen molar-refractivity contribution < 1.29 is 0 Å². The minimum atomic E-state index is -0.146. The van der Waals surface area contributed by atoms with Gasteiger partial charge in [0.15, 0.2) is 0 Å². The van der Waals surface area contributed by atoms with E-state index < -0.39 is 0 Å². The van der Waals surface area contributed by atoms with Crippen molar-refractivity contribution in [1.29, 1.82) is 0 Å². The molecule has 0 aliphatic rings. The molecule has 0 aliphatic heterocycles. The van der Waals surface area contributed by atoms with Crippen LogP contribution in [0.15, 0.2) is 17.1 Å². The first kappa shape index (κ1) is 11.2. The number of aromatic nitrogens is 4. The van der Waals surface area contributed by atoms with Crippen molar-refractivity contribution in [2.75, 3.05) is 0 Å². The van der Waals surface area contributed by atoms with Gasteiger partial charge in [0.25, 0.3) is 0 Å². The Balaban J connectivity index is 2.30. The fourth-order valence-electron chi connectivity index (χ4n) is 1.56. The number of hydrogen-bond acceptors (Lipinski definition) is 6. The molecule has 1 atom stereocenters. The topological polar surface area (TPSA) is 81.7 Å². The van der Waals surface area contributed by atoms with Crippen molar-refractivity contribution in [2.45, 2.75) is 25.9 Å². The number of thiazole rings is 1. The molecule has 2 aromatic rings. The van der Waals surface area contributed by atoms with Crippen LogP contribution in [0.3, 0.4) is 0 Å². The lowest BCUT2D eigenvalue weighted by molar-refractivity contribution is 0.508. The van der Waals surface area contributed by atoms with E-state index in [2.05, 4.69) is 27.6 Å². The van der Waals surface area contributed by atoms with Crippen LogP contribution >= 0.6 is 11.3 Å². The van der Waals surface area contributed by atoms with E-state index in [9.17, 15) is 0 Å². The van der Waals surface area contributed by atoms with Gasteiger partial charge in [-0.2, -0.15) is 0 Å². The molecule has 0 saturated heterocycles. The van der Waals surface area contributed by atoms with Gasteiger partial charge in [0.1, 0.15) is 6.04 Å². The molecule has 2 rings (SSSR count). The van der Waals surface area contributed by atoms with Gasteiger partial charge in [-0.25, -0.2) is 15.1 Å². The number of nitrogens with two attached hydrogens (primary N) is 1. The van der Waals surface area contributed by atoms with Crippen molar-refractivity contribution in [1.82, 2.24) is 25.4 Å². The Labute approximate surface area is 97.5 Å². The average Bonchev–Trinajstić information content (AvgIpc) is 2.92. The summed E-state index contributed by atoms with van der Waals surface area (Å²) in [5, 5.41) is 9.91. The third-order valence-corrected chi connectivity index (χ3v) is 2.90. The normalized spacial score (nSPS) is 12.9. The Hall–Kier alpha value is -1.31. The first-order valence-electron chi connectivity index (χ1n) is 5.09. The Bertz CT molecular complexity index is 423. The third kappa shape index (κ3) is 2.11. The number of hydrogen-bond donors (Lipinski definition) is 2. The molecule has 0 spiro atoms. The van der Waals surface area contributed by atoms with E-state index >= 15 is 0 Å². The molecule has 16 heavy (non-hydrogen) atoms. The monoisotopic (exact) mass is 238 g/mol. The van der Waals surface area contributed by atoms with Crippen LogP contribution in [0, 0.1) is 0 Å². The molecule has 86 valence electrons. The van der Waals surface area contributed by atoms with Gasteiger partial charge in [-0.3, -0.25) is 5.84 Å². The fraction of sp³-hybridized carbons (Fsp3) is 0.444. The van der Waals surface area contributed by atoms with E-state index in [1.54, 1.807) is 23.0 Å². The predicted molar refractivity (Wildman–Crippen MR) is 61.6 cm³/mol. The van der Waals surface area contributed by atoms with Crippen LogP contribution < -0.4 is 11.3 Å². The van der Waals surface area contributed by atoms with E-state index in [-0.39, 0.29) is 6.04 Å². The van der Waals surface area contributed by atoms with Gasteiger partial charge in [-0.05, 0) is 6.42 Å². The van der Waals surface area contributed by atoms with Crippen molar-refractivity contribution in [3.63, 3.8) is 0 Å². The summed E-state index contributed by atoms with van der Waals surface area (Å²) in [5.41, 5.74) is 6.37. The predicted octanol–water partition coefficient (Wildman–Crippen LogP) is 0.697. The Kier molecular flexibility index (Phi) is 3.60. The van der Waals surface area contributed by atoms with Crippen LogP contribution in [0.2, 0.25) is 0 Å². The highest BCUT2D eigenvalue weighted by Gasteiger charge is 2.19. The van der Waals surface area contributed by atoms with Gasteiger partial charge in [0.2, 0.25) is 0 Å². The van der Waals surface area contributed by atoms with Crippen molar-refractivity contribution in [3.05, 3.63) is 28.5 Å². The zero-order valence-electron chi connectivity index (χ0n) is 9.00. The molecule has 0 aromatic carbocycles. The molecule has 2 aromatic heterocycles. The van der Waals surface area contributed by atoms with E-state index in [0.717, 1.165) is 24.4 Å². The summed E-state index contributed by atoms with van der Waals surface area (Å²) >= 11 is 1.54. The van der Waals surface area contributed by atoms with Gasteiger partial charge < -0.3 is 0 Å². The second-order valence-corrected chi connectivity index (χ2v) is 4.11. The summed E-state index contributed by atoms with van der Waals surface area (Å²) in [6, 6.07) is -0.146. The summed E-state index contributed by atoms with van der Waals surface area (Å²) < 4.78 is 1.85. The first-order chi connectivity index (χ1) is 7.86. The van der Waals surface area contributed by atoms with Gasteiger partial charge in [-0.1, -0.05) is 12.1 Å². The van der Waals surface area contributed by atoms with Gasteiger partial charge in [0.05, 0.1) is 23.1 Å². The Morgan fingerprint density at radius 2 is 2.50 bits per heavy atom. The lowest BCUT2D eigenvalue weighted by Crippen LogP contribution is -2.31. The second-order valence-electron chi connectivity index (χ2n) is 3.40. The summed E-state index contributed by atoms with van der Waals surface area (Å²) in [7, 11) is 0. The van der Waals surface area contributed by atoms with Crippen LogP contribution in [0.1, 0.15) is 30.8 Å². The van der Waals surface area contributed by atoms with Gasteiger partial charge in [-0.15, -0.1) is 16.4 Å². The molecule has 2 heterocycles. The number of nitrogens with zero attached hydrogens (tertiary/aromatic N) is 4. The maximum absolute atomic E-state index is 5.57. The zero-order chi connectivity index (χ0) is 11.4. The quantitative estimate of drug-likeness (QED) is 0.592. The van der Waals surface area contributed by atoms with Crippen LogP contribution in [-0.4, -0.2) is 20.0 Å². The maximum atomic E-state index is 5.57. The largest absolute Gasteiger partial charge is 0.270 e. The summed E-state index contributed by atoms with van der Waals surface area (Å²) in [6.07, 6.45) is 2.73.